The van der Waals surface area contributed by atoms with Gasteiger partial charge in [0.15, 0.2) is 17.2 Å². The molecule has 1 aliphatic heterocycles. The highest BCUT2D eigenvalue weighted by Crippen LogP contribution is 2.30. The van der Waals surface area contributed by atoms with Crippen LogP contribution in [0.4, 0.5) is 0 Å². The van der Waals surface area contributed by atoms with Crippen LogP contribution >= 0.6 is 0 Å². The van der Waals surface area contributed by atoms with Gasteiger partial charge in [0.05, 0.1) is 11.1 Å². The number of para-hydroxylation sites is 3. The van der Waals surface area contributed by atoms with E-state index in [0.29, 0.717) is 28.0 Å². The van der Waals surface area contributed by atoms with Crippen molar-refractivity contribution in [2.75, 3.05) is 6.61 Å². The van der Waals surface area contributed by atoms with E-state index < -0.39 is 17.9 Å². The standard InChI is InChI=1S/C24H18N4O5/c29-22(20-14-32-18-12-6-7-13-19(18)33-20)25-26-23(30)21-16-10-4-5-11-17(16)24(31)28(27-21)15-8-2-1-3-9-15/h1-13,20H,14H2,(H,25,29)(H,26,30)/t20-/m1/s1. The summed E-state index contributed by atoms with van der Waals surface area (Å²) in [6.45, 7) is -0.00121. The number of nitrogens with one attached hydrogen (secondary N) is 2. The minimum Gasteiger partial charge on any atom is -0.485 e. The molecule has 164 valence electrons. The van der Waals surface area contributed by atoms with E-state index in [1.165, 1.54) is 0 Å². The SMILES string of the molecule is O=C(NNC(=O)[C@H]1COc2ccccc2O1)c1nn(-c2ccccc2)c(=O)c2ccccc12. The smallest absolute Gasteiger partial charge is 0.290 e. The molecule has 3 aromatic carbocycles. The van der Waals surface area contributed by atoms with E-state index in [9.17, 15) is 14.4 Å². The molecule has 0 saturated heterocycles. The molecule has 5 rings (SSSR count). The Bertz CT molecular complexity index is 1420. The summed E-state index contributed by atoms with van der Waals surface area (Å²) in [5, 5.41) is 4.97. The van der Waals surface area contributed by atoms with Gasteiger partial charge in [0.1, 0.15) is 6.61 Å². The number of fused-ring (bicyclic) bond motifs is 2. The maximum absolute atomic E-state index is 13.0. The molecule has 0 aliphatic carbocycles. The Balaban J connectivity index is 1.39. The van der Waals surface area contributed by atoms with Gasteiger partial charge in [-0.1, -0.05) is 48.5 Å². The van der Waals surface area contributed by atoms with Crippen molar-refractivity contribution >= 4 is 22.6 Å². The van der Waals surface area contributed by atoms with E-state index in [4.69, 9.17) is 9.47 Å². The number of hydrazine groups is 1. The first-order valence-electron chi connectivity index (χ1n) is 10.2. The number of aromatic nitrogens is 2. The summed E-state index contributed by atoms with van der Waals surface area (Å²) in [6.07, 6.45) is -0.942. The van der Waals surface area contributed by atoms with Crippen molar-refractivity contribution in [3.05, 3.63) is 94.9 Å². The van der Waals surface area contributed by atoms with Gasteiger partial charge in [0.2, 0.25) is 6.10 Å². The second kappa shape index (κ2) is 8.46. The lowest BCUT2D eigenvalue weighted by atomic mass is 10.1. The van der Waals surface area contributed by atoms with Crippen molar-refractivity contribution in [3.63, 3.8) is 0 Å². The van der Waals surface area contributed by atoms with E-state index >= 15 is 0 Å². The third-order valence-corrected chi connectivity index (χ3v) is 5.12. The van der Waals surface area contributed by atoms with Crippen LogP contribution in [-0.2, 0) is 4.79 Å². The van der Waals surface area contributed by atoms with Crippen LogP contribution in [0.2, 0.25) is 0 Å². The summed E-state index contributed by atoms with van der Waals surface area (Å²) in [4.78, 5) is 38.5. The average molecular weight is 442 g/mol. The molecule has 2 heterocycles. The first-order chi connectivity index (χ1) is 16.1. The lowest BCUT2D eigenvalue weighted by molar-refractivity contribution is -0.131. The number of carbonyl (C=O) groups is 2. The highest BCUT2D eigenvalue weighted by atomic mass is 16.6. The Morgan fingerprint density at radius 3 is 2.30 bits per heavy atom. The van der Waals surface area contributed by atoms with Gasteiger partial charge in [-0.05, 0) is 30.3 Å². The molecule has 0 unspecified atom stereocenters. The highest BCUT2D eigenvalue weighted by Gasteiger charge is 2.28. The van der Waals surface area contributed by atoms with Crippen LogP contribution in [0.15, 0.2) is 83.7 Å². The van der Waals surface area contributed by atoms with Gasteiger partial charge in [0, 0.05) is 5.39 Å². The number of carbonyl (C=O) groups excluding carboxylic acids is 2. The first kappa shape index (κ1) is 20.3. The molecule has 2 N–H and O–H groups in total. The molecule has 0 fully saturated rings. The van der Waals surface area contributed by atoms with Crippen molar-refractivity contribution in [1.29, 1.82) is 0 Å². The molecule has 1 aliphatic rings. The number of ether oxygens (including phenoxy) is 2. The molecular formula is C24H18N4O5. The van der Waals surface area contributed by atoms with Crippen LogP contribution < -0.4 is 25.9 Å². The molecule has 9 heteroatoms. The quantitative estimate of drug-likeness (QED) is 0.470. The molecular weight excluding hydrogens is 424 g/mol. The Morgan fingerprint density at radius 2 is 1.52 bits per heavy atom. The van der Waals surface area contributed by atoms with Gasteiger partial charge in [0.25, 0.3) is 17.4 Å². The average Bonchev–Trinajstić information content (AvgIpc) is 2.87. The van der Waals surface area contributed by atoms with Crippen LogP contribution in [0.1, 0.15) is 10.5 Å². The van der Waals surface area contributed by atoms with E-state index in [2.05, 4.69) is 16.0 Å². The number of amides is 2. The number of benzene rings is 3. The molecule has 0 saturated carbocycles. The van der Waals surface area contributed by atoms with Crippen molar-refractivity contribution in [1.82, 2.24) is 20.6 Å². The molecule has 0 spiro atoms. The first-order valence-corrected chi connectivity index (χ1v) is 10.2. The minimum atomic E-state index is -0.942. The third-order valence-electron chi connectivity index (χ3n) is 5.12. The largest absolute Gasteiger partial charge is 0.485 e. The Morgan fingerprint density at radius 1 is 0.848 bits per heavy atom. The zero-order valence-electron chi connectivity index (χ0n) is 17.2. The molecule has 4 aromatic rings. The van der Waals surface area contributed by atoms with E-state index in [1.54, 1.807) is 72.8 Å². The predicted molar refractivity (Wildman–Crippen MR) is 119 cm³/mol. The van der Waals surface area contributed by atoms with Gasteiger partial charge in [-0.2, -0.15) is 9.78 Å². The summed E-state index contributed by atoms with van der Waals surface area (Å²) in [6, 6.07) is 22.4. The predicted octanol–water partition coefficient (Wildman–Crippen LogP) is 1.99. The summed E-state index contributed by atoms with van der Waals surface area (Å²) in [5.41, 5.74) is 4.85. The zero-order chi connectivity index (χ0) is 22.8. The fourth-order valence-corrected chi connectivity index (χ4v) is 3.51. The van der Waals surface area contributed by atoms with Crippen LogP contribution in [0, 0.1) is 0 Å². The Hall–Kier alpha value is -4.66. The molecule has 1 aromatic heterocycles. The van der Waals surface area contributed by atoms with Gasteiger partial charge < -0.3 is 9.47 Å². The number of hydrogen-bond acceptors (Lipinski definition) is 6. The van der Waals surface area contributed by atoms with E-state index in [-0.39, 0.29) is 17.9 Å². The van der Waals surface area contributed by atoms with Crippen LogP contribution in [0.25, 0.3) is 16.5 Å². The van der Waals surface area contributed by atoms with Crippen LogP contribution in [0.5, 0.6) is 11.5 Å². The second-order valence-corrected chi connectivity index (χ2v) is 7.25. The number of rotatable bonds is 3. The van der Waals surface area contributed by atoms with Crippen molar-refractivity contribution in [2.24, 2.45) is 0 Å². The summed E-state index contributed by atoms with van der Waals surface area (Å²) >= 11 is 0. The van der Waals surface area contributed by atoms with E-state index in [0.717, 1.165) is 4.68 Å². The molecule has 0 radical (unpaired) electrons. The summed E-state index contributed by atoms with van der Waals surface area (Å²) < 4.78 is 12.3. The van der Waals surface area contributed by atoms with Crippen LogP contribution in [-0.4, -0.2) is 34.3 Å². The van der Waals surface area contributed by atoms with Gasteiger partial charge in [-0.25, -0.2) is 0 Å². The summed E-state index contributed by atoms with van der Waals surface area (Å²) in [7, 11) is 0. The number of nitrogens with zero attached hydrogens (tertiary/aromatic N) is 2. The maximum Gasteiger partial charge on any atom is 0.290 e. The van der Waals surface area contributed by atoms with Crippen molar-refractivity contribution < 1.29 is 19.1 Å². The normalized spacial score (nSPS) is 14.5. The van der Waals surface area contributed by atoms with Crippen molar-refractivity contribution in [3.8, 4) is 17.2 Å². The molecule has 1 atom stereocenters. The second-order valence-electron chi connectivity index (χ2n) is 7.25. The molecule has 9 nitrogen and oxygen atoms in total. The van der Waals surface area contributed by atoms with Gasteiger partial charge >= 0.3 is 0 Å². The fourth-order valence-electron chi connectivity index (χ4n) is 3.51. The fraction of sp³-hybridized carbons (Fsp3) is 0.0833. The van der Waals surface area contributed by atoms with Crippen LogP contribution in [0.3, 0.4) is 0 Å². The Kier molecular flexibility index (Phi) is 5.19. The zero-order valence-corrected chi connectivity index (χ0v) is 17.2. The van der Waals surface area contributed by atoms with Crippen molar-refractivity contribution in [2.45, 2.75) is 6.10 Å². The maximum atomic E-state index is 13.0. The molecule has 0 bridgehead atoms. The van der Waals surface area contributed by atoms with Gasteiger partial charge in [-0.3, -0.25) is 25.2 Å². The lowest BCUT2D eigenvalue weighted by Crippen LogP contribution is -2.51. The topological polar surface area (TPSA) is 112 Å². The van der Waals surface area contributed by atoms with E-state index in [1.807, 2.05) is 6.07 Å². The third kappa shape index (κ3) is 3.87. The molecule has 2 amide bonds. The summed E-state index contributed by atoms with van der Waals surface area (Å²) in [5.74, 6) is -0.276. The minimum absolute atomic E-state index is 0.00121. The lowest BCUT2D eigenvalue weighted by Gasteiger charge is -2.25. The number of hydrogen-bond donors (Lipinski definition) is 2. The highest BCUT2D eigenvalue weighted by molar-refractivity contribution is 6.05. The van der Waals surface area contributed by atoms with Gasteiger partial charge in [-0.15, -0.1) is 0 Å². The monoisotopic (exact) mass is 442 g/mol. The Labute approximate surface area is 187 Å². The molecule has 33 heavy (non-hydrogen) atoms.